The minimum Gasteiger partial charge on any atom is -0.380 e. The van der Waals surface area contributed by atoms with Crippen LogP contribution in [0.2, 0.25) is 0 Å². The molecule has 0 aliphatic heterocycles. The summed E-state index contributed by atoms with van der Waals surface area (Å²) in [6, 6.07) is 0. The first-order valence-corrected chi connectivity index (χ1v) is 31.3. The molecule has 67 heavy (non-hydrogen) atoms. The second-order valence-corrected chi connectivity index (χ2v) is 25.0. The van der Waals surface area contributed by atoms with Gasteiger partial charge in [-0.25, -0.2) is 0 Å². The maximum absolute atomic E-state index is 6.80. The van der Waals surface area contributed by atoms with Crippen molar-refractivity contribution in [3.8, 4) is 0 Å². The van der Waals surface area contributed by atoms with Crippen LogP contribution in [-0.2, 0) is 4.74 Å². The van der Waals surface area contributed by atoms with Crippen molar-refractivity contribution in [2.24, 2.45) is 57.2 Å². The Morgan fingerprint density at radius 1 is 0.358 bits per heavy atom. The van der Waals surface area contributed by atoms with Gasteiger partial charge in [-0.2, -0.15) is 0 Å². The van der Waals surface area contributed by atoms with E-state index in [0.29, 0.717) is 22.7 Å². The van der Waals surface area contributed by atoms with Crippen molar-refractivity contribution in [1.29, 1.82) is 0 Å². The topological polar surface area (TPSA) is 9.23 Å². The Labute approximate surface area is 419 Å². The summed E-state index contributed by atoms with van der Waals surface area (Å²) in [6.07, 6.45) is 82.6. The Hall–Kier alpha value is -1.08. The maximum Gasteiger partial charge on any atom is 0.0563 e. The summed E-state index contributed by atoms with van der Waals surface area (Å²) >= 11 is 0. The molecule has 0 saturated heterocycles. The molecular formula is C66H114O. The highest BCUT2D eigenvalue weighted by Gasteiger charge is 2.55. The molecule has 0 atom stereocenters. The van der Waals surface area contributed by atoms with Crippen molar-refractivity contribution in [1.82, 2.24) is 0 Å². The average Bonchev–Trinajstić information content (AvgIpc) is 3.38. The molecular weight excluding hydrogens is 809 g/mol. The van der Waals surface area contributed by atoms with Gasteiger partial charge in [-0.15, -0.1) is 0 Å². The summed E-state index contributed by atoms with van der Waals surface area (Å²) in [7, 11) is 0. The van der Waals surface area contributed by atoms with Gasteiger partial charge >= 0.3 is 0 Å². The molecule has 0 bridgehead atoms. The van der Waals surface area contributed by atoms with E-state index >= 15 is 0 Å². The van der Waals surface area contributed by atoms with Crippen LogP contribution in [0, 0.1) is 57.2 Å². The molecule has 0 aromatic carbocycles. The Bertz CT molecular complexity index is 1260. The summed E-state index contributed by atoms with van der Waals surface area (Å²) in [6.45, 7) is 11.1. The fourth-order valence-electron chi connectivity index (χ4n) is 16.5. The minimum absolute atomic E-state index is 0.241. The van der Waals surface area contributed by atoms with Gasteiger partial charge < -0.3 is 4.74 Å². The van der Waals surface area contributed by atoms with Gasteiger partial charge in [0, 0.05) is 22.7 Å². The van der Waals surface area contributed by atoms with Crippen LogP contribution < -0.4 is 0 Å². The van der Waals surface area contributed by atoms with Crippen LogP contribution in [-0.4, -0.2) is 13.2 Å². The van der Waals surface area contributed by atoms with Gasteiger partial charge in [0.25, 0.3) is 0 Å². The molecule has 0 unspecified atom stereocenters. The number of allylic oxidation sites excluding steroid dienone is 4. The van der Waals surface area contributed by atoms with E-state index in [-0.39, 0.29) is 10.8 Å². The van der Waals surface area contributed by atoms with Gasteiger partial charge in [-0.1, -0.05) is 282 Å². The lowest BCUT2D eigenvalue weighted by Crippen LogP contribution is -2.48. The first-order valence-electron chi connectivity index (χ1n) is 31.3. The Morgan fingerprint density at radius 3 is 1.00 bits per heavy atom. The summed E-state index contributed by atoms with van der Waals surface area (Å²) < 4.78 is 6.80. The largest absolute Gasteiger partial charge is 0.380 e. The van der Waals surface area contributed by atoms with Gasteiger partial charge in [0.1, 0.15) is 0 Å². The lowest BCUT2D eigenvalue weighted by atomic mass is 9.47. The van der Waals surface area contributed by atoms with E-state index < -0.39 is 0 Å². The van der Waals surface area contributed by atoms with Crippen molar-refractivity contribution in [3.05, 3.63) is 48.6 Å². The number of unbranched alkanes of at least 4 members (excludes halogenated alkanes) is 16. The van der Waals surface area contributed by atoms with Crippen LogP contribution in [0.5, 0.6) is 0 Å². The molecule has 1 heteroatoms. The molecule has 0 N–H and O–H groups in total. The van der Waals surface area contributed by atoms with Crippen LogP contribution in [0.3, 0.4) is 0 Å². The van der Waals surface area contributed by atoms with Crippen LogP contribution in [0.15, 0.2) is 48.6 Å². The van der Waals surface area contributed by atoms with Crippen molar-refractivity contribution < 1.29 is 4.74 Å². The zero-order chi connectivity index (χ0) is 46.9. The smallest absolute Gasteiger partial charge is 0.0563 e. The Morgan fingerprint density at radius 2 is 0.672 bits per heavy atom. The molecule has 1 nitrogen and oxygen atoms in total. The molecule has 0 spiro atoms. The Balaban J connectivity index is 1.08. The summed E-state index contributed by atoms with van der Waals surface area (Å²) in [5.41, 5.74) is 1.41. The summed E-state index contributed by atoms with van der Waals surface area (Å²) in [5.74, 6) is 4.62. The fraction of sp³-hybridized carbons (Fsp3) is 0.879. The second-order valence-electron chi connectivity index (χ2n) is 25.0. The lowest BCUT2D eigenvalue weighted by molar-refractivity contribution is -0.0296. The lowest BCUT2D eigenvalue weighted by Gasteiger charge is -2.57. The maximum atomic E-state index is 6.80. The van der Waals surface area contributed by atoms with Crippen molar-refractivity contribution in [2.45, 2.75) is 297 Å². The second kappa shape index (κ2) is 30.1. The third kappa shape index (κ3) is 15.5. The molecule has 4 fully saturated rings. The third-order valence-electron chi connectivity index (χ3n) is 20.6. The molecule has 6 aliphatic rings. The van der Waals surface area contributed by atoms with Crippen LogP contribution in [0.4, 0.5) is 0 Å². The van der Waals surface area contributed by atoms with E-state index in [1.807, 2.05) is 0 Å². The summed E-state index contributed by atoms with van der Waals surface area (Å²) in [4.78, 5) is 0. The molecule has 0 radical (unpaired) electrons. The molecule has 4 saturated carbocycles. The van der Waals surface area contributed by atoms with Gasteiger partial charge in [-0.3, -0.25) is 0 Å². The highest BCUT2D eigenvalue weighted by atomic mass is 16.5. The van der Waals surface area contributed by atoms with E-state index in [1.54, 1.807) is 0 Å². The highest BCUT2D eigenvalue weighted by Crippen LogP contribution is 2.64. The SMILES string of the molecule is CCCCCCCC1CCC(C2(C3(CCCCCCC)C=CC(COCC4C=CC(CCCCCCC)(C5(C6CCC(CCCCCCC)CC6)CCCCC5)C=C4)C=C3)CCCCC2)CC1. The number of hydrogen-bond acceptors (Lipinski definition) is 1. The van der Waals surface area contributed by atoms with Crippen molar-refractivity contribution in [2.75, 3.05) is 13.2 Å². The molecule has 0 aromatic rings. The highest BCUT2D eigenvalue weighted by molar-refractivity contribution is 5.29. The predicted molar refractivity (Wildman–Crippen MR) is 295 cm³/mol. The normalized spacial score (nSPS) is 31.6. The zero-order valence-electron chi connectivity index (χ0n) is 45.6. The first kappa shape index (κ1) is 55.2. The average molecular weight is 924 g/mol. The van der Waals surface area contributed by atoms with Crippen LogP contribution >= 0.6 is 0 Å². The molecule has 384 valence electrons. The predicted octanol–water partition coefficient (Wildman–Crippen LogP) is 21.4. The number of ether oxygens (including phenoxy) is 1. The van der Waals surface area contributed by atoms with Gasteiger partial charge in [0.15, 0.2) is 0 Å². The standard InChI is InChI=1S/C66H114O/c1-5-9-13-17-23-31-57-33-37-61(38-34-57)65(47-27-21-28-48-65)63(45-25-19-15-11-7-3)51-41-59(42-52-63)55-67-56-60-43-53-64(54-44-60,46-26-20-16-12-8-4)66(49-29-22-30-50-66)62-39-35-58(36-40-62)32-24-18-14-10-6-2/h41-44,51-54,57-62H,5-40,45-50,55-56H2,1-4H3. The van der Waals surface area contributed by atoms with Gasteiger partial charge in [0.05, 0.1) is 13.2 Å². The van der Waals surface area contributed by atoms with Crippen molar-refractivity contribution >= 4 is 0 Å². The van der Waals surface area contributed by atoms with E-state index in [1.165, 1.54) is 270 Å². The minimum atomic E-state index is 0.241. The van der Waals surface area contributed by atoms with Crippen LogP contribution in [0.25, 0.3) is 0 Å². The molecule has 6 aliphatic carbocycles. The quantitative estimate of drug-likeness (QED) is 0.0483. The molecule has 0 aromatic heterocycles. The van der Waals surface area contributed by atoms with E-state index in [9.17, 15) is 0 Å². The number of hydrogen-bond donors (Lipinski definition) is 0. The molecule has 6 rings (SSSR count). The van der Waals surface area contributed by atoms with Gasteiger partial charge in [-0.05, 0) is 98.7 Å². The Kier molecular flexibility index (Phi) is 24.8. The first-order chi connectivity index (χ1) is 33.0. The zero-order valence-corrected chi connectivity index (χ0v) is 45.6. The van der Waals surface area contributed by atoms with E-state index in [2.05, 4.69) is 76.3 Å². The third-order valence-corrected chi connectivity index (χ3v) is 20.6. The summed E-state index contributed by atoms with van der Waals surface area (Å²) in [5, 5.41) is 0. The van der Waals surface area contributed by atoms with E-state index in [4.69, 9.17) is 4.74 Å². The fourth-order valence-corrected chi connectivity index (χ4v) is 16.5. The molecule has 0 amide bonds. The number of rotatable bonds is 32. The van der Waals surface area contributed by atoms with Crippen LogP contribution in [0.1, 0.15) is 297 Å². The van der Waals surface area contributed by atoms with E-state index in [0.717, 1.165) is 36.9 Å². The molecule has 0 heterocycles. The monoisotopic (exact) mass is 923 g/mol. The van der Waals surface area contributed by atoms with Gasteiger partial charge in [0.2, 0.25) is 0 Å². The van der Waals surface area contributed by atoms with Crippen molar-refractivity contribution in [3.63, 3.8) is 0 Å².